The zero-order chi connectivity index (χ0) is 15.7. The number of nitro benzene ring substituents is 1. The summed E-state index contributed by atoms with van der Waals surface area (Å²) in [6.45, 7) is 0.196. The topological polar surface area (TPSA) is 115 Å². The van der Waals surface area contributed by atoms with Crippen molar-refractivity contribution in [3.63, 3.8) is 0 Å². The molecule has 116 valence electrons. The van der Waals surface area contributed by atoms with Gasteiger partial charge in [-0.3, -0.25) is 10.1 Å². The average Bonchev–Trinajstić information content (AvgIpc) is 2.87. The lowest BCUT2D eigenvalue weighted by Crippen LogP contribution is -2.51. The van der Waals surface area contributed by atoms with Gasteiger partial charge in [0.15, 0.2) is 0 Å². The third-order valence-electron chi connectivity index (χ3n) is 3.73. The average molecular weight is 334 g/mol. The van der Waals surface area contributed by atoms with E-state index >= 15 is 0 Å². The van der Waals surface area contributed by atoms with Crippen molar-refractivity contribution >= 4 is 27.3 Å². The quantitative estimate of drug-likeness (QED) is 0.629. The van der Waals surface area contributed by atoms with Gasteiger partial charge in [-0.05, 0) is 25.0 Å². The van der Waals surface area contributed by atoms with Crippen molar-refractivity contribution in [3.05, 3.63) is 33.3 Å². The number of nitro groups is 1. The molecule has 0 aliphatic heterocycles. The first kappa shape index (κ1) is 16.2. The van der Waals surface area contributed by atoms with Crippen LogP contribution in [0.4, 0.5) is 5.69 Å². The Labute approximate surface area is 127 Å². The molecule has 9 heteroatoms. The van der Waals surface area contributed by atoms with E-state index in [2.05, 4.69) is 4.72 Å². The van der Waals surface area contributed by atoms with E-state index in [0.717, 1.165) is 18.9 Å². The van der Waals surface area contributed by atoms with E-state index in [0.29, 0.717) is 12.8 Å². The normalized spacial score (nSPS) is 17.8. The summed E-state index contributed by atoms with van der Waals surface area (Å²) in [5, 5.41) is 10.7. The first-order valence-electron chi connectivity index (χ1n) is 6.48. The highest BCUT2D eigenvalue weighted by atomic mass is 35.5. The van der Waals surface area contributed by atoms with Gasteiger partial charge in [-0.2, -0.15) is 0 Å². The molecule has 1 saturated carbocycles. The summed E-state index contributed by atoms with van der Waals surface area (Å²) in [4.78, 5) is 9.96. The molecular weight excluding hydrogens is 318 g/mol. The summed E-state index contributed by atoms with van der Waals surface area (Å²) in [5.41, 5.74) is 4.60. The van der Waals surface area contributed by atoms with Crippen LogP contribution >= 0.6 is 11.6 Å². The maximum absolute atomic E-state index is 12.4. The third-order valence-corrected chi connectivity index (χ3v) is 5.62. The number of hydrogen-bond donors (Lipinski definition) is 2. The van der Waals surface area contributed by atoms with Gasteiger partial charge in [0.25, 0.3) is 5.69 Å². The number of halogens is 1. The largest absolute Gasteiger partial charge is 0.329 e. The van der Waals surface area contributed by atoms with Crippen LogP contribution in [0, 0.1) is 10.1 Å². The standard InChI is InChI=1S/C12H16ClN3O4S/c13-10-4-3-9(7-11(10)16(17)18)21(19,20)15-12(8-14)5-1-2-6-12/h3-4,7,15H,1-2,5-6,8,14H2. The first-order valence-corrected chi connectivity index (χ1v) is 8.34. The minimum atomic E-state index is -3.88. The number of rotatable bonds is 5. The molecule has 21 heavy (non-hydrogen) atoms. The second kappa shape index (κ2) is 5.88. The van der Waals surface area contributed by atoms with Gasteiger partial charge in [0.2, 0.25) is 10.0 Å². The monoisotopic (exact) mass is 333 g/mol. The highest BCUT2D eigenvalue weighted by Crippen LogP contribution is 2.32. The Bertz CT molecular complexity index is 656. The molecule has 3 N–H and O–H groups in total. The molecule has 1 aromatic carbocycles. The predicted molar refractivity (Wildman–Crippen MR) is 78.7 cm³/mol. The van der Waals surface area contributed by atoms with Crippen LogP contribution in [0.5, 0.6) is 0 Å². The van der Waals surface area contributed by atoms with Crippen LogP contribution in [-0.4, -0.2) is 25.4 Å². The smallest absolute Gasteiger partial charge is 0.289 e. The van der Waals surface area contributed by atoms with E-state index in [1.165, 1.54) is 12.1 Å². The van der Waals surface area contributed by atoms with Gasteiger partial charge in [0.1, 0.15) is 5.02 Å². The van der Waals surface area contributed by atoms with Crippen LogP contribution in [0.2, 0.25) is 5.02 Å². The summed E-state index contributed by atoms with van der Waals surface area (Å²) in [5.74, 6) is 0. The molecule has 1 fully saturated rings. The van der Waals surface area contributed by atoms with Crippen LogP contribution in [-0.2, 0) is 10.0 Å². The second-order valence-electron chi connectivity index (χ2n) is 5.17. The molecule has 0 spiro atoms. The molecule has 0 unspecified atom stereocenters. The summed E-state index contributed by atoms with van der Waals surface area (Å²) >= 11 is 5.69. The van der Waals surface area contributed by atoms with E-state index in [4.69, 9.17) is 17.3 Å². The minimum Gasteiger partial charge on any atom is -0.329 e. The van der Waals surface area contributed by atoms with Gasteiger partial charge < -0.3 is 5.73 Å². The van der Waals surface area contributed by atoms with Gasteiger partial charge >= 0.3 is 0 Å². The van der Waals surface area contributed by atoms with Crippen molar-refractivity contribution in [2.75, 3.05) is 6.54 Å². The molecule has 0 amide bonds. The SMILES string of the molecule is NCC1(NS(=O)(=O)c2ccc(Cl)c([N+](=O)[O-])c2)CCCC1. The highest BCUT2D eigenvalue weighted by molar-refractivity contribution is 7.89. The van der Waals surface area contributed by atoms with Crippen molar-refractivity contribution in [1.29, 1.82) is 0 Å². The van der Waals surface area contributed by atoms with E-state index in [9.17, 15) is 18.5 Å². The molecule has 1 aliphatic carbocycles. The summed E-state index contributed by atoms with van der Waals surface area (Å²) in [6.07, 6.45) is 3.14. The molecule has 2 rings (SSSR count). The van der Waals surface area contributed by atoms with Crippen LogP contribution in [0.25, 0.3) is 0 Å². The molecule has 1 aliphatic rings. The first-order chi connectivity index (χ1) is 9.80. The van der Waals surface area contributed by atoms with Crippen LogP contribution in [0.1, 0.15) is 25.7 Å². The van der Waals surface area contributed by atoms with Crippen LogP contribution < -0.4 is 10.5 Å². The Morgan fingerprint density at radius 1 is 1.38 bits per heavy atom. The number of nitrogens with zero attached hydrogens (tertiary/aromatic N) is 1. The fraction of sp³-hybridized carbons (Fsp3) is 0.500. The number of nitrogens with two attached hydrogens (primary N) is 1. The lowest BCUT2D eigenvalue weighted by Gasteiger charge is -2.28. The fourth-order valence-electron chi connectivity index (χ4n) is 2.54. The molecule has 1 aromatic rings. The molecule has 0 aromatic heterocycles. The highest BCUT2D eigenvalue weighted by Gasteiger charge is 2.37. The lowest BCUT2D eigenvalue weighted by molar-refractivity contribution is -0.384. The van der Waals surface area contributed by atoms with Crippen LogP contribution in [0.3, 0.4) is 0 Å². The van der Waals surface area contributed by atoms with Crippen molar-refractivity contribution in [1.82, 2.24) is 4.72 Å². The van der Waals surface area contributed by atoms with Crippen molar-refractivity contribution in [2.24, 2.45) is 5.73 Å². The third kappa shape index (κ3) is 3.34. The van der Waals surface area contributed by atoms with E-state index in [1.54, 1.807) is 0 Å². The molecule has 0 bridgehead atoms. The van der Waals surface area contributed by atoms with Crippen molar-refractivity contribution in [3.8, 4) is 0 Å². The maximum Gasteiger partial charge on any atom is 0.289 e. The number of sulfonamides is 1. The molecule has 7 nitrogen and oxygen atoms in total. The maximum atomic E-state index is 12.4. The van der Waals surface area contributed by atoms with Gasteiger partial charge in [-0.15, -0.1) is 0 Å². The molecule has 0 radical (unpaired) electrons. The van der Waals surface area contributed by atoms with E-state index in [1.807, 2.05) is 0 Å². The zero-order valence-electron chi connectivity index (χ0n) is 11.2. The predicted octanol–water partition coefficient (Wildman–Crippen LogP) is 1.80. The number of benzene rings is 1. The fourth-order valence-corrected chi connectivity index (χ4v) is 4.22. The number of hydrogen-bond acceptors (Lipinski definition) is 5. The Balaban J connectivity index is 2.36. The van der Waals surface area contributed by atoms with Gasteiger partial charge in [0.05, 0.1) is 9.82 Å². The lowest BCUT2D eigenvalue weighted by atomic mass is 10.0. The number of nitrogens with one attached hydrogen (secondary N) is 1. The zero-order valence-corrected chi connectivity index (χ0v) is 12.8. The van der Waals surface area contributed by atoms with E-state index in [-0.39, 0.29) is 16.5 Å². The summed E-state index contributed by atoms with van der Waals surface area (Å²) in [7, 11) is -3.88. The van der Waals surface area contributed by atoms with E-state index < -0.39 is 26.2 Å². The van der Waals surface area contributed by atoms with Crippen molar-refractivity contribution in [2.45, 2.75) is 36.1 Å². The van der Waals surface area contributed by atoms with Crippen LogP contribution in [0.15, 0.2) is 23.1 Å². The molecular formula is C12H16ClN3O4S. The summed E-state index contributed by atoms with van der Waals surface area (Å²) < 4.78 is 27.4. The Morgan fingerprint density at radius 2 is 2.00 bits per heavy atom. The second-order valence-corrected chi connectivity index (χ2v) is 7.26. The summed E-state index contributed by atoms with van der Waals surface area (Å²) in [6, 6.07) is 3.42. The molecule has 0 atom stereocenters. The minimum absolute atomic E-state index is 0.103. The van der Waals surface area contributed by atoms with Crippen molar-refractivity contribution < 1.29 is 13.3 Å². The molecule has 0 heterocycles. The van der Waals surface area contributed by atoms with Gasteiger partial charge in [-0.1, -0.05) is 24.4 Å². The Kier molecular flexibility index (Phi) is 4.52. The van der Waals surface area contributed by atoms with Gasteiger partial charge in [-0.25, -0.2) is 13.1 Å². The Morgan fingerprint density at radius 3 is 2.52 bits per heavy atom. The van der Waals surface area contributed by atoms with Gasteiger partial charge in [0, 0.05) is 18.2 Å². The molecule has 0 saturated heterocycles. The Hall–Kier alpha value is -1.22.